The molecule has 0 aliphatic carbocycles. The van der Waals surface area contributed by atoms with Gasteiger partial charge in [-0.05, 0) is 235 Å². The van der Waals surface area contributed by atoms with E-state index in [0.717, 1.165) is 73.0 Å². The van der Waals surface area contributed by atoms with Crippen LogP contribution in [0, 0.1) is 41.5 Å². The SMILES string of the molecule is CC1=[N+]2c3c(C)ccc4c3n(c3nc5ccccc5n43)C(C)(C)C2C=[N+]1C.Cc1ccc2c3c1-c1c(ccc(C)[n+]1C)C(C)(C)n3c1nc3ccccc3n21.Cc1ccc2c3c1-c1c(cnc[n+]1C)C(C)(C)n3c1nc3ccccc3n21.Cc1ccc2c3c1-c1c(cnc[n+]1C)C(C)(C)n3c1nc3ccccc3n21.Cc1ccc2c3c1-c1n(c4ccccc4[n+]1C)C(C)(C)n3c1nc3ccccc3n21. The number of pyridine rings is 1. The van der Waals surface area contributed by atoms with Gasteiger partial charge in [-0.15, -0.1) is 9.15 Å². The van der Waals surface area contributed by atoms with E-state index in [1.165, 1.54) is 184 Å². The monoisotopic (exact) mass is 1820 g/mol. The smallest absolute Gasteiger partial charge is 0.299 e. The minimum Gasteiger partial charge on any atom is -0.299 e. The van der Waals surface area contributed by atoms with Crippen LogP contribution in [0.5, 0.6) is 0 Å². The average Bonchev–Trinajstić information content (AvgIpc) is 1.52. The Balaban J connectivity index is 0.0000000875. The largest absolute Gasteiger partial charge is 0.415 e. The minimum absolute atomic E-state index is 0.128. The molecule has 0 fully saturated rings. The lowest BCUT2D eigenvalue weighted by Crippen LogP contribution is -2.48. The van der Waals surface area contributed by atoms with Crippen LogP contribution in [0.15, 0.2) is 243 Å². The van der Waals surface area contributed by atoms with Crippen molar-refractivity contribution >= 4 is 168 Å². The fourth-order valence-corrected chi connectivity index (χ4v) is 25.5. The van der Waals surface area contributed by atoms with Gasteiger partial charge in [-0.2, -0.15) is 9.13 Å². The van der Waals surface area contributed by atoms with Crippen LogP contribution in [0.25, 0.3) is 195 Å². The number of amidine groups is 1. The molecule has 31 rings (SSSR count). The van der Waals surface area contributed by atoms with Gasteiger partial charge in [0.15, 0.2) is 22.4 Å². The van der Waals surface area contributed by atoms with Gasteiger partial charge in [-0.1, -0.05) is 113 Å². The van der Waals surface area contributed by atoms with Crippen LogP contribution in [0.2, 0.25) is 0 Å². The summed E-state index contributed by atoms with van der Waals surface area (Å²) in [6, 6.07) is 77.9. The third-order valence-electron chi connectivity index (χ3n) is 32.3. The molecule has 24 nitrogen and oxygen atoms in total. The van der Waals surface area contributed by atoms with E-state index in [1.807, 2.05) is 37.2 Å². The Morgan fingerprint density at radius 2 is 0.633 bits per heavy atom. The quantitative estimate of drug-likeness (QED) is 0.136. The van der Waals surface area contributed by atoms with Crippen molar-refractivity contribution in [3.05, 3.63) is 294 Å². The number of aryl methyl sites for hydroxylation is 9. The van der Waals surface area contributed by atoms with Crippen LogP contribution in [0.4, 0.5) is 5.69 Å². The van der Waals surface area contributed by atoms with Gasteiger partial charge >= 0.3 is 5.84 Å². The van der Waals surface area contributed by atoms with Crippen molar-refractivity contribution in [3.63, 3.8) is 0 Å². The maximum absolute atomic E-state index is 5.09. The number of fused-ring (bicyclic) bond motifs is 37. The number of rotatable bonds is 0. The van der Waals surface area contributed by atoms with Gasteiger partial charge in [-0.3, -0.25) is 44.8 Å². The summed E-state index contributed by atoms with van der Waals surface area (Å²) in [6.07, 6.45) is 10.2. The summed E-state index contributed by atoms with van der Waals surface area (Å²) in [5.74, 6) is 7.54. The van der Waals surface area contributed by atoms with Gasteiger partial charge in [0.2, 0.25) is 46.5 Å². The number of hydrogen-bond donors (Lipinski definition) is 0. The lowest BCUT2D eigenvalue weighted by atomic mass is 9.84. The Morgan fingerprint density at radius 1 is 0.295 bits per heavy atom. The van der Waals surface area contributed by atoms with E-state index in [2.05, 4.69) is 452 Å². The highest BCUT2D eigenvalue weighted by Gasteiger charge is 2.56. The van der Waals surface area contributed by atoms with Crippen LogP contribution in [0.1, 0.15) is 126 Å². The molecule has 0 bridgehead atoms. The second kappa shape index (κ2) is 27.6. The van der Waals surface area contributed by atoms with Gasteiger partial charge in [-0.25, -0.2) is 38.6 Å². The summed E-state index contributed by atoms with van der Waals surface area (Å²) < 4.78 is 40.0. The van der Waals surface area contributed by atoms with Gasteiger partial charge in [0.25, 0.3) is 24.5 Å². The minimum atomic E-state index is -0.318. The van der Waals surface area contributed by atoms with E-state index in [1.54, 1.807) is 0 Å². The van der Waals surface area contributed by atoms with Crippen LogP contribution < -0.4 is 18.3 Å². The molecule has 20 heterocycles. The molecular formula is C115H108N24+6. The first-order chi connectivity index (χ1) is 66.8. The van der Waals surface area contributed by atoms with Crippen LogP contribution in [0.3, 0.4) is 0 Å². The number of hydrogen-bond acceptors (Lipinski definition) is 7. The summed E-state index contributed by atoms with van der Waals surface area (Å²) in [6.45, 7) is 38.3. The van der Waals surface area contributed by atoms with Gasteiger partial charge in [0, 0.05) is 18.6 Å². The lowest BCUT2D eigenvalue weighted by molar-refractivity contribution is -0.667. The second-order valence-electron chi connectivity index (χ2n) is 41.9. The predicted molar refractivity (Wildman–Crippen MR) is 553 cm³/mol. The van der Waals surface area contributed by atoms with Crippen molar-refractivity contribution in [3.8, 4) is 45.2 Å². The number of nitrogens with zero attached hydrogens (tertiary/aromatic N) is 24. The average molecular weight is 1830 g/mol. The van der Waals surface area contributed by atoms with E-state index >= 15 is 0 Å². The van der Waals surface area contributed by atoms with Crippen molar-refractivity contribution in [2.75, 3.05) is 7.05 Å². The van der Waals surface area contributed by atoms with Crippen LogP contribution in [-0.2, 0) is 56.0 Å². The Bertz CT molecular complexity index is 9770. The zero-order chi connectivity index (χ0) is 95.4. The third kappa shape index (κ3) is 10.3. The number of aromatic nitrogens is 22. The summed E-state index contributed by atoms with van der Waals surface area (Å²) in [7, 11) is 10.7. The van der Waals surface area contributed by atoms with Crippen molar-refractivity contribution in [1.82, 2.24) is 84.3 Å². The van der Waals surface area contributed by atoms with Crippen LogP contribution in [-0.4, -0.2) is 119 Å². The second-order valence-corrected chi connectivity index (χ2v) is 41.9. The van der Waals surface area contributed by atoms with Crippen molar-refractivity contribution in [1.29, 1.82) is 0 Å². The van der Waals surface area contributed by atoms with E-state index < -0.39 is 0 Å². The molecule has 0 radical (unpaired) electrons. The molecule has 1 atom stereocenters. The molecule has 0 saturated heterocycles. The predicted octanol–water partition coefficient (Wildman–Crippen LogP) is 20.5. The normalized spacial score (nSPS) is 16.1. The number of para-hydroxylation sites is 12. The summed E-state index contributed by atoms with van der Waals surface area (Å²) >= 11 is 0. The summed E-state index contributed by atoms with van der Waals surface area (Å²) in [5.41, 5.74) is 46.5. The molecule has 139 heavy (non-hydrogen) atoms. The Hall–Kier alpha value is -16.1. The maximum Gasteiger partial charge on any atom is 0.415 e. The molecule has 6 aliphatic rings. The zero-order valence-corrected chi connectivity index (χ0v) is 82.5. The molecule has 0 saturated carbocycles. The molecule has 14 aromatic heterocycles. The molecule has 1 unspecified atom stereocenters. The first kappa shape index (κ1) is 82.4. The molecule has 0 N–H and O–H groups in total. The Morgan fingerprint density at radius 3 is 1.05 bits per heavy atom. The van der Waals surface area contributed by atoms with Crippen LogP contribution >= 0.6 is 0 Å². The van der Waals surface area contributed by atoms with Crippen molar-refractivity contribution in [2.24, 2.45) is 28.2 Å². The first-order valence-electron chi connectivity index (χ1n) is 48.3. The van der Waals surface area contributed by atoms with Gasteiger partial charge in [0.1, 0.15) is 48.9 Å². The highest BCUT2D eigenvalue weighted by atomic mass is 15.4. The topological polar surface area (TPSA) is 163 Å². The fourth-order valence-electron chi connectivity index (χ4n) is 25.5. The van der Waals surface area contributed by atoms with E-state index in [9.17, 15) is 0 Å². The van der Waals surface area contributed by atoms with E-state index in [4.69, 9.17) is 24.9 Å². The molecule has 25 aromatic rings. The molecule has 0 amide bonds. The summed E-state index contributed by atoms with van der Waals surface area (Å²) in [4.78, 5) is 34.2. The highest BCUT2D eigenvalue weighted by Crippen LogP contribution is 2.54. The number of imidazole rings is 11. The Kier molecular flexibility index (Phi) is 16.4. The van der Waals surface area contributed by atoms with Crippen molar-refractivity contribution < 1.29 is 27.4 Å². The Labute approximate surface area is 800 Å². The van der Waals surface area contributed by atoms with Crippen molar-refractivity contribution in [2.45, 2.75) is 152 Å². The number of benzene rings is 11. The van der Waals surface area contributed by atoms with E-state index in [0.29, 0.717) is 0 Å². The van der Waals surface area contributed by atoms with E-state index in [-0.39, 0.29) is 33.9 Å². The zero-order valence-electron chi connectivity index (χ0n) is 82.5. The summed E-state index contributed by atoms with van der Waals surface area (Å²) in [5, 5.41) is 0. The van der Waals surface area contributed by atoms with Gasteiger partial charge < -0.3 is 0 Å². The first-order valence-corrected chi connectivity index (χ1v) is 48.3. The maximum atomic E-state index is 5.09. The molecular weight excluding hydrogens is 1720 g/mol. The molecule has 24 heteroatoms. The fraction of sp³-hybridized carbons (Fsp3) is 0.243. The molecule has 0 spiro atoms. The van der Waals surface area contributed by atoms with Gasteiger partial charge in [0.05, 0.1) is 188 Å². The molecule has 11 aromatic carbocycles. The lowest BCUT2D eigenvalue weighted by Gasteiger charge is -2.33. The third-order valence-corrected chi connectivity index (χ3v) is 32.3. The standard InChI is InChI=1S/C25H22N5.C24H23N4.C22H23N5.2C22H20N5/c1-15-13-14-20-22-21(15)23-27(4)18-11-7-8-12-19(18)29(23)25(2,3)30(22)24-26-16-9-5-6-10-17(16)28(20)24;1-14-10-13-19-22-20(14)21-16(12-11-15(2)26(21)5)24(3,4)28(22)23-25-17-8-6-7-9-18(17)27(19)23;1-13-10-11-17-20-19(13)25-14(2)24(5)12-18(25)22(3,4)27(20)21-23-15-8-6-7-9-16(15)26(17)21;2*1-13-9-10-17-20-18(13)19-14(11-23-12-25(19)4)22(2,3)27(20)21-24-15-7-5-6-8-16(15)26(17)21/h5-14H,1-4H3;6-13H,1-5H3;6-12,18H,1-5H3;2*5-12H,1-4H3/q2*+1;+2;2*+1. The highest BCUT2D eigenvalue weighted by molar-refractivity contribution is 6.07. The molecule has 6 aliphatic heterocycles. The molecule has 682 valence electrons.